The SMILES string of the molecule is O=[N+]([O-])c1ccc(-c2cnn(-c3nccc4nc(C(F)(F)F)ccc34)c2)cc1. The van der Waals surface area contributed by atoms with Crippen molar-refractivity contribution >= 4 is 16.6 Å². The minimum atomic E-state index is -4.54. The molecule has 0 N–H and O–H groups in total. The number of nitro benzene ring substituents is 1. The maximum atomic E-state index is 12.9. The van der Waals surface area contributed by atoms with E-state index in [-0.39, 0.29) is 11.2 Å². The maximum Gasteiger partial charge on any atom is 0.433 e. The van der Waals surface area contributed by atoms with Crippen LogP contribution in [0.1, 0.15) is 5.69 Å². The van der Waals surface area contributed by atoms with Crippen LogP contribution in [0, 0.1) is 10.1 Å². The van der Waals surface area contributed by atoms with Crippen LogP contribution in [-0.2, 0) is 6.18 Å². The summed E-state index contributed by atoms with van der Waals surface area (Å²) in [4.78, 5) is 18.1. The van der Waals surface area contributed by atoms with Crippen LogP contribution in [0.15, 0.2) is 61.1 Å². The van der Waals surface area contributed by atoms with E-state index in [4.69, 9.17) is 0 Å². The third kappa shape index (κ3) is 3.15. The molecule has 4 rings (SSSR count). The molecule has 0 bridgehead atoms. The molecule has 0 unspecified atom stereocenters. The summed E-state index contributed by atoms with van der Waals surface area (Å²) in [5.41, 5.74) is 0.512. The van der Waals surface area contributed by atoms with Crippen LogP contribution in [0.3, 0.4) is 0 Å². The Bertz CT molecular complexity index is 1190. The van der Waals surface area contributed by atoms with Crippen LogP contribution < -0.4 is 0 Å². The highest BCUT2D eigenvalue weighted by Crippen LogP contribution is 2.30. The summed E-state index contributed by atoms with van der Waals surface area (Å²) < 4.78 is 40.0. The smallest absolute Gasteiger partial charge is 0.258 e. The molecule has 140 valence electrons. The first-order valence-electron chi connectivity index (χ1n) is 7.96. The molecule has 7 nitrogen and oxygen atoms in total. The number of hydrogen-bond acceptors (Lipinski definition) is 5. The molecular weight excluding hydrogens is 375 g/mol. The summed E-state index contributed by atoms with van der Waals surface area (Å²) >= 11 is 0. The van der Waals surface area contributed by atoms with Gasteiger partial charge >= 0.3 is 6.18 Å². The predicted octanol–water partition coefficient (Wildman–Crippen LogP) is 4.41. The van der Waals surface area contributed by atoms with E-state index in [9.17, 15) is 23.3 Å². The zero-order valence-electron chi connectivity index (χ0n) is 14.0. The molecule has 3 aromatic heterocycles. The van der Waals surface area contributed by atoms with Gasteiger partial charge < -0.3 is 0 Å². The fourth-order valence-electron chi connectivity index (χ4n) is 2.74. The topological polar surface area (TPSA) is 86.7 Å². The lowest BCUT2D eigenvalue weighted by atomic mass is 10.1. The van der Waals surface area contributed by atoms with Gasteiger partial charge in [0.1, 0.15) is 5.69 Å². The predicted molar refractivity (Wildman–Crippen MR) is 93.8 cm³/mol. The third-order valence-corrected chi connectivity index (χ3v) is 4.10. The highest BCUT2D eigenvalue weighted by Gasteiger charge is 2.32. The molecule has 0 spiro atoms. The van der Waals surface area contributed by atoms with Crippen LogP contribution in [0.5, 0.6) is 0 Å². The number of benzene rings is 1. The number of aromatic nitrogens is 4. The van der Waals surface area contributed by atoms with Crippen LogP contribution >= 0.6 is 0 Å². The monoisotopic (exact) mass is 385 g/mol. The van der Waals surface area contributed by atoms with Crippen molar-refractivity contribution < 1.29 is 18.1 Å². The van der Waals surface area contributed by atoms with E-state index in [0.29, 0.717) is 22.3 Å². The Labute approximate surface area is 155 Å². The zero-order chi connectivity index (χ0) is 19.9. The van der Waals surface area contributed by atoms with Crippen molar-refractivity contribution in [1.82, 2.24) is 19.7 Å². The van der Waals surface area contributed by atoms with Gasteiger partial charge in [-0.3, -0.25) is 10.1 Å². The number of alkyl halides is 3. The Morgan fingerprint density at radius 1 is 1.00 bits per heavy atom. The molecule has 3 heterocycles. The highest BCUT2D eigenvalue weighted by molar-refractivity contribution is 5.85. The lowest BCUT2D eigenvalue weighted by molar-refractivity contribution is -0.384. The number of hydrogen-bond donors (Lipinski definition) is 0. The molecule has 10 heteroatoms. The van der Waals surface area contributed by atoms with Gasteiger partial charge in [0.15, 0.2) is 5.82 Å². The minimum absolute atomic E-state index is 0.0293. The summed E-state index contributed by atoms with van der Waals surface area (Å²) in [6.07, 6.45) is 0.00423. The van der Waals surface area contributed by atoms with Gasteiger partial charge in [-0.25, -0.2) is 14.6 Å². The van der Waals surface area contributed by atoms with E-state index in [1.54, 1.807) is 24.5 Å². The van der Waals surface area contributed by atoms with Gasteiger partial charge in [0.05, 0.1) is 16.6 Å². The maximum absolute atomic E-state index is 12.9. The Morgan fingerprint density at radius 2 is 1.75 bits per heavy atom. The second-order valence-electron chi connectivity index (χ2n) is 5.87. The van der Waals surface area contributed by atoms with Crippen molar-refractivity contribution in [3.8, 4) is 16.9 Å². The van der Waals surface area contributed by atoms with Crippen molar-refractivity contribution in [1.29, 1.82) is 0 Å². The van der Waals surface area contributed by atoms with E-state index < -0.39 is 16.8 Å². The van der Waals surface area contributed by atoms with Crippen molar-refractivity contribution in [2.45, 2.75) is 6.18 Å². The normalized spacial score (nSPS) is 11.7. The first-order valence-corrected chi connectivity index (χ1v) is 7.96. The van der Waals surface area contributed by atoms with E-state index >= 15 is 0 Å². The second-order valence-corrected chi connectivity index (χ2v) is 5.87. The molecule has 1 aromatic carbocycles. The molecule has 0 saturated heterocycles. The van der Waals surface area contributed by atoms with Gasteiger partial charge in [-0.15, -0.1) is 0 Å². The quantitative estimate of drug-likeness (QED) is 0.385. The van der Waals surface area contributed by atoms with E-state index in [1.807, 2.05) is 0 Å². The molecule has 0 aliphatic heterocycles. The number of nitrogens with zero attached hydrogens (tertiary/aromatic N) is 5. The lowest BCUT2D eigenvalue weighted by Gasteiger charge is -2.09. The van der Waals surface area contributed by atoms with Crippen LogP contribution in [0.2, 0.25) is 0 Å². The number of rotatable bonds is 3. The van der Waals surface area contributed by atoms with Gasteiger partial charge in [0.2, 0.25) is 0 Å². The van der Waals surface area contributed by atoms with Crippen molar-refractivity contribution in [2.75, 3.05) is 0 Å². The molecular formula is C18H10F3N5O2. The fourth-order valence-corrected chi connectivity index (χ4v) is 2.74. The molecule has 0 amide bonds. The third-order valence-electron chi connectivity index (χ3n) is 4.10. The Kier molecular flexibility index (Phi) is 4.03. The van der Waals surface area contributed by atoms with E-state index in [0.717, 1.165) is 6.07 Å². The van der Waals surface area contributed by atoms with Gasteiger partial charge in [-0.1, -0.05) is 0 Å². The minimum Gasteiger partial charge on any atom is -0.258 e. The summed E-state index contributed by atoms with van der Waals surface area (Å²) in [6.45, 7) is 0. The first-order chi connectivity index (χ1) is 13.3. The van der Waals surface area contributed by atoms with Crippen molar-refractivity contribution in [3.05, 3.63) is 76.9 Å². The van der Waals surface area contributed by atoms with Crippen LogP contribution in [-0.4, -0.2) is 24.7 Å². The molecule has 0 fully saturated rings. The molecule has 28 heavy (non-hydrogen) atoms. The van der Waals surface area contributed by atoms with Crippen molar-refractivity contribution in [3.63, 3.8) is 0 Å². The van der Waals surface area contributed by atoms with Gasteiger partial charge in [-0.05, 0) is 35.9 Å². The fraction of sp³-hybridized carbons (Fsp3) is 0.0556. The molecule has 0 aliphatic carbocycles. The highest BCUT2D eigenvalue weighted by atomic mass is 19.4. The molecule has 0 saturated carbocycles. The number of fused-ring (bicyclic) bond motifs is 1. The number of halogens is 3. The summed E-state index contributed by atoms with van der Waals surface area (Å²) in [5.74, 6) is 0.326. The van der Waals surface area contributed by atoms with E-state index in [1.165, 1.54) is 35.1 Å². The van der Waals surface area contributed by atoms with Gasteiger partial charge in [0, 0.05) is 35.5 Å². The van der Waals surface area contributed by atoms with Crippen molar-refractivity contribution in [2.24, 2.45) is 0 Å². The molecule has 0 radical (unpaired) electrons. The Hall–Kier alpha value is -3.82. The zero-order valence-corrected chi connectivity index (χ0v) is 14.0. The Balaban J connectivity index is 1.74. The standard InChI is InChI=1S/C18H10F3N5O2/c19-18(20,21)16-6-5-14-15(24-16)7-8-22-17(14)25-10-12(9-23-25)11-1-3-13(4-2-11)26(27)28/h1-10H. The van der Waals surface area contributed by atoms with Gasteiger partial charge in [0.25, 0.3) is 5.69 Å². The summed E-state index contributed by atoms with van der Waals surface area (Å²) in [7, 11) is 0. The number of non-ortho nitro benzene ring substituents is 1. The van der Waals surface area contributed by atoms with E-state index in [2.05, 4.69) is 15.1 Å². The van der Waals surface area contributed by atoms with Crippen LogP contribution in [0.4, 0.5) is 18.9 Å². The number of pyridine rings is 2. The Morgan fingerprint density at radius 3 is 2.43 bits per heavy atom. The first kappa shape index (κ1) is 17.6. The summed E-state index contributed by atoms with van der Waals surface area (Å²) in [6, 6.07) is 9.54. The average Bonchev–Trinajstić information content (AvgIpc) is 3.16. The molecule has 4 aromatic rings. The van der Waals surface area contributed by atoms with Crippen LogP contribution in [0.25, 0.3) is 27.8 Å². The second kappa shape index (κ2) is 6.41. The molecule has 0 atom stereocenters. The summed E-state index contributed by atoms with van der Waals surface area (Å²) in [5, 5.41) is 15.4. The van der Waals surface area contributed by atoms with Gasteiger partial charge in [-0.2, -0.15) is 18.3 Å². The average molecular weight is 385 g/mol. The largest absolute Gasteiger partial charge is 0.433 e. The number of nitro groups is 1. The lowest BCUT2D eigenvalue weighted by Crippen LogP contribution is -2.08. The molecule has 0 aliphatic rings.